The molecule has 0 aliphatic heterocycles. The molecule has 4 aromatic heterocycles. The Morgan fingerprint density at radius 2 is 0.920 bits per heavy atom. The summed E-state index contributed by atoms with van der Waals surface area (Å²) in [5, 5.41) is 27.2. The Bertz CT molecular complexity index is 3600. The van der Waals surface area contributed by atoms with Crippen LogP contribution in [-0.2, 0) is 65.8 Å². The van der Waals surface area contributed by atoms with Crippen LogP contribution in [0.5, 0.6) is 0 Å². The topological polar surface area (TPSA) is 357 Å². The summed E-state index contributed by atoms with van der Waals surface area (Å²) in [6.07, 6.45) is 2.59. The van der Waals surface area contributed by atoms with Gasteiger partial charge in [-0.05, 0) is 123 Å². The van der Waals surface area contributed by atoms with E-state index in [9.17, 15) is 37.2 Å². The van der Waals surface area contributed by atoms with Crippen molar-refractivity contribution in [1.29, 1.82) is 10.8 Å². The number of nitrogens with one attached hydrogen (secondary N) is 6. The van der Waals surface area contributed by atoms with Gasteiger partial charge in [0.25, 0.3) is 21.9 Å². The molecule has 0 atom stereocenters. The molecule has 8 aromatic rings. The van der Waals surface area contributed by atoms with Crippen LogP contribution in [-0.4, -0.2) is 136 Å². The number of hydrogen-bond donors (Lipinski definition) is 7. The van der Waals surface area contributed by atoms with Gasteiger partial charge in [-0.1, -0.05) is 19.6 Å². The number of hydrogen-bond acceptors (Lipinski definition) is 20. The maximum atomic E-state index is 13.6. The molecule has 0 aliphatic carbocycles. The van der Waals surface area contributed by atoms with Gasteiger partial charge in [0.1, 0.15) is 35.0 Å². The molecule has 7 N–H and O–H groups in total. The van der Waals surface area contributed by atoms with E-state index in [1.807, 2.05) is 35.4 Å². The highest BCUT2D eigenvalue weighted by molar-refractivity contribution is 7.85. The predicted octanol–water partition coefficient (Wildman–Crippen LogP) is 7.86. The van der Waals surface area contributed by atoms with Crippen molar-refractivity contribution in [2.24, 2.45) is 14.1 Å². The summed E-state index contributed by atoms with van der Waals surface area (Å²) in [4.78, 5) is 94.7. The Morgan fingerprint density at radius 1 is 0.568 bits per heavy atom. The average molecular weight is 1230 g/mol. The quantitative estimate of drug-likeness (QED) is 0.0125. The van der Waals surface area contributed by atoms with Gasteiger partial charge in [-0.2, -0.15) is 8.42 Å². The van der Waals surface area contributed by atoms with E-state index >= 15 is 0 Å². The number of esters is 2. The number of alkyl carbamates (subject to hydrolysis) is 2. The number of fused-ring (bicyclic) bond motifs is 2. The molecular formula is C60H70N14O13S. The number of nitrogens with zero attached hydrogens (tertiary/aromatic N) is 8. The molecule has 0 bridgehead atoms. The molecule has 4 amide bonds. The van der Waals surface area contributed by atoms with E-state index < -0.39 is 22.3 Å². The van der Waals surface area contributed by atoms with Crippen molar-refractivity contribution in [3.05, 3.63) is 168 Å². The molecule has 0 fully saturated rings. The van der Waals surface area contributed by atoms with Crippen LogP contribution in [0.4, 0.5) is 32.6 Å². The van der Waals surface area contributed by atoms with E-state index in [0.29, 0.717) is 64.3 Å². The minimum atomic E-state index is -3.67. The Labute approximate surface area is 508 Å². The van der Waals surface area contributed by atoms with Gasteiger partial charge in [-0.25, -0.2) is 29.5 Å². The number of amidine groups is 2. The normalized spacial score (nSPS) is 10.5. The number of ether oxygens (including phenoxy) is 4. The maximum Gasteiger partial charge on any atom is 0.412 e. The third kappa shape index (κ3) is 19.7. The van der Waals surface area contributed by atoms with Gasteiger partial charge in [0.15, 0.2) is 0 Å². The first-order valence-electron chi connectivity index (χ1n) is 26.8. The third-order valence-electron chi connectivity index (χ3n) is 12.5. The number of methoxy groups -OCH3 is 2. The number of amides is 4. The van der Waals surface area contributed by atoms with Gasteiger partial charge < -0.3 is 38.7 Å². The maximum absolute atomic E-state index is 13.6. The zero-order valence-corrected chi connectivity index (χ0v) is 49.5. The lowest BCUT2D eigenvalue weighted by Crippen LogP contribution is -2.34. The van der Waals surface area contributed by atoms with Gasteiger partial charge in [-0.3, -0.25) is 55.0 Å². The summed E-state index contributed by atoms with van der Waals surface area (Å²) in [7, 11) is 2.61. The van der Waals surface area contributed by atoms with Crippen molar-refractivity contribution in [3.63, 3.8) is 0 Å². The molecule has 464 valence electrons. The Morgan fingerprint density at radius 3 is 1.24 bits per heavy atom. The molecule has 0 saturated carbocycles. The van der Waals surface area contributed by atoms with Crippen LogP contribution in [0, 0.1) is 10.8 Å². The zero-order chi connectivity index (χ0) is 63.2. The van der Waals surface area contributed by atoms with Crippen LogP contribution in [0.3, 0.4) is 0 Å². The number of carbonyl (C=O) groups excluding carboxylic acids is 6. The zero-order valence-electron chi connectivity index (χ0n) is 48.7. The average Bonchev–Trinajstić information content (AvgIpc) is 3.20. The molecule has 0 aliphatic rings. The predicted molar refractivity (Wildman–Crippen MR) is 332 cm³/mol. The number of pyridine rings is 2. The molecule has 88 heavy (non-hydrogen) atoms. The Kier molecular flexibility index (Phi) is 25.3. The van der Waals surface area contributed by atoms with Crippen molar-refractivity contribution < 1.29 is 60.7 Å². The molecule has 27 nitrogen and oxygen atoms in total. The highest BCUT2D eigenvalue weighted by Crippen LogP contribution is 2.24. The van der Waals surface area contributed by atoms with Crippen molar-refractivity contribution >= 4 is 103 Å². The van der Waals surface area contributed by atoms with Crippen LogP contribution in [0.1, 0.15) is 77.6 Å². The van der Waals surface area contributed by atoms with E-state index in [1.54, 1.807) is 135 Å². The molecular weight excluding hydrogens is 1160 g/mol. The van der Waals surface area contributed by atoms with E-state index in [4.69, 9.17) is 34.8 Å². The summed E-state index contributed by atoms with van der Waals surface area (Å²) in [6, 6.07) is 35.2. The summed E-state index contributed by atoms with van der Waals surface area (Å²) < 4.78 is 48.8. The van der Waals surface area contributed by atoms with E-state index in [2.05, 4.69) is 40.7 Å². The van der Waals surface area contributed by atoms with Crippen molar-refractivity contribution in [3.8, 4) is 0 Å². The number of rotatable bonds is 20. The fraction of sp³-hybridized carbons (Fsp3) is 0.267. The number of aromatic nitrogens is 6. The van der Waals surface area contributed by atoms with Crippen LogP contribution in [0.2, 0.25) is 0 Å². The second-order valence-corrected chi connectivity index (χ2v) is 20.0. The van der Waals surface area contributed by atoms with Gasteiger partial charge in [0.05, 0.1) is 81.7 Å². The van der Waals surface area contributed by atoms with E-state index in [1.165, 1.54) is 24.0 Å². The van der Waals surface area contributed by atoms with E-state index in [-0.39, 0.29) is 82.0 Å². The van der Waals surface area contributed by atoms with Crippen LogP contribution in [0.25, 0.3) is 22.1 Å². The molecule has 28 heteroatoms. The lowest BCUT2D eigenvalue weighted by atomic mass is 10.1. The smallest absolute Gasteiger partial charge is 0.412 e. The number of anilines is 4. The van der Waals surface area contributed by atoms with Gasteiger partial charge >= 0.3 is 24.1 Å². The molecule has 4 heterocycles. The van der Waals surface area contributed by atoms with Gasteiger partial charge in [0, 0.05) is 73.2 Å². The molecule has 0 unspecified atom stereocenters. The van der Waals surface area contributed by atoms with Gasteiger partial charge in [-0.15, -0.1) is 0 Å². The second kappa shape index (κ2) is 32.6. The summed E-state index contributed by atoms with van der Waals surface area (Å²) >= 11 is 0. The standard InChI is InChI=1S/2C29H31N7O5.CH4O3S.CH4/c2*1-4-41-26(37)14-16-36(24-7-5-6-15-31-24)28(38)20-10-13-23-22(17-20)33-25(35(23)2)18-32-21-11-8-19(9-12-21)27(30)34-29(39)40-3;1-5(2,3)4;/h2*5-13,15,17,32H,4,14,16,18H2,1-3H3,(H2,30,34,39);1H3,(H,2,3,4);1H4. The van der Waals surface area contributed by atoms with Crippen LogP contribution < -0.4 is 31.1 Å². The first kappa shape index (κ1) is 68.2. The summed E-state index contributed by atoms with van der Waals surface area (Å²) in [6.45, 7) is 5.09. The fourth-order valence-corrected chi connectivity index (χ4v) is 8.26. The highest BCUT2D eigenvalue weighted by Gasteiger charge is 2.24. The van der Waals surface area contributed by atoms with Crippen molar-refractivity contribution in [2.45, 2.75) is 47.2 Å². The molecule has 4 aromatic carbocycles. The number of aryl methyl sites for hydroxylation is 2. The lowest BCUT2D eigenvalue weighted by Gasteiger charge is -2.21. The number of carbonyl (C=O) groups is 6. The van der Waals surface area contributed by atoms with Crippen LogP contribution in [0.15, 0.2) is 134 Å². The van der Waals surface area contributed by atoms with Gasteiger partial charge in [0.2, 0.25) is 0 Å². The molecule has 0 spiro atoms. The largest absolute Gasteiger partial charge is 0.466 e. The first-order chi connectivity index (χ1) is 41.6. The minimum Gasteiger partial charge on any atom is -0.466 e. The molecule has 8 rings (SSSR count). The number of imidazole rings is 2. The lowest BCUT2D eigenvalue weighted by molar-refractivity contribution is -0.143. The molecule has 0 saturated heterocycles. The SMILES string of the molecule is C.CCOC(=O)CCN(C(=O)c1ccc2c(c1)nc(CNc1ccc(C(=N)NC(=O)OC)cc1)n2C)c1ccccn1.CCOC(=O)CCN(C(=O)c1ccc2c(c1)nc(CNc1ccc(C(=N)NC(=O)OC)cc1)n2C)c1ccccn1.CS(=O)(=O)O. The second-order valence-electron chi connectivity index (χ2n) is 18.6. The van der Waals surface area contributed by atoms with Crippen molar-refractivity contribution in [2.75, 3.05) is 67.2 Å². The summed E-state index contributed by atoms with van der Waals surface area (Å²) in [5.41, 5.74) is 6.51. The fourth-order valence-electron chi connectivity index (χ4n) is 8.26. The molecule has 0 radical (unpaired) electrons. The highest BCUT2D eigenvalue weighted by atomic mass is 32.2. The van der Waals surface area contributed by atoms with E-state index in [0.717, 1.165) is 34.1 Å². The Balaban J connectivity index is 0.000000294. The Hall–Kier alpha value is -10.6. The monoisotopic (exact) mass is 1230 g/mol. The first-order valence-corrected chi connectivity index (χ1v) is 28.6. The third-order valence-corrected chi connectivity index (χ3v) is 12.5. The van der Waals surface area contributed by atoms with Crippen LogP contribution >= 0.6 is 0 Å². The minimum absolute atomic E-state index is 0. The summed E-state index contributed by atoms with van der Waals surface area (Å²) in [5.74, 6) is 0.882. The number of benzene rings is 4. The van der Waals surface area contributed by atoms with Crippen molar-refractivity contribution in [1.82, 2.24) is 39.7 Å².